The van der Waals surface area contributed by atoms with Gasteiger partial charge in [0, 0.05) is 23.3 Å². The maximum atomic E-state index is 11.4. The van der Waals surface area contributed by atoms with E-state index in [-0.39, 0.29) is 6.61 Å². The summed E-state index contributed by atoms with van der Waals surface area (Å²) in [6.45, 7) is 2.87. The first-order chi connectivity index (χ1) is 11.2. The van der Waals surface area contributed by atoms with Crippen LogP contribution in [0.1, 0.15) is 6.92 Å². The molecule has 8 heteroatoms. The predicted molar refractivity (Wildman–Crippen MR) is 89.1 cm³/mol. The number of esters is 1. The van der Waals surface area contributed by atoms with Gasteiger partial charge in [-0.15, -0.1) is 11.3 Å². The Kier molecular flexibility index (Phi) is 6.49. The summed E-state index contributed by atoms with van der Waals surface area (Å²) < 4.78 is 15.9. The smallest absolute Gasteiger partial charge is 0.344 e. The summed E-state index contributed by atoms with van der Waals surface area (Å²) in [7, 11) is 0. The summed E-state index contributed by atoms with van der Waals surface area (Å²) >= 11 is 1.52. The molecule has 124 valence electrons. The quantitative estimate of drug-likeness (QED) is 0.411. The average Bonchev–Trinajstić information content (AvgIpc) is 3.04. The number of carbonyl (C=O) groups is 1. The molecule has 3 N–H and O–H groups in total. The molecule has 2 rings (SSSR count). The highest BCUT2D eigenvalue weighted by atomic mass is 32.1. The number of nitrogen functional groups attached to an aromatic ring is 1. The second kappa shape index (κ2) is 8.84. The monoisotopic (exact) mass is 337 g/mol. The highest BCUT2D eigenvalue weighted by Gasteiger charge is 2.09. The zero-order valence-electron chi connectivity index (χ0n) is 12.8. The number of nitrogens with two attached hydrogens (primary N) is 1. The highest BCUT2D eigenvalue weighted by molar-refractivity contribution is 7.13. The van der Waals surface area contributed by atoms with Gasteiger partial charge in [-0.3, -0.25) is 0 Å². The average molecular weight is 337 g/mol. The lowest BCUT2D eigenvalue weighted by molar-refractivity contribution is -0.145. The van der Waals surface area contributed by atoms with Crippen molar-refractivity contribution in [2.45, 2.75) is 6.92 Å². The van der Waals surface area contributed by atoms with Crippen LogP contribution in [0.5, 0.6) is 11.5 Å². The molecule has 0 fully saturated rings. The molecule has 23 heavy (non-hydrogen) atoms. The van der Waals surface area contributed by atoms with E-state index in [2.05, 4.69) is 10.3 Å². The molecule has 0 bridgehead atoms. The number of nitrogens with zero attached hydrogens (tertiary/aromatic N) is 1. The minimum Gasteiger partial charge on any atom is -0.488 e. The zero-order chi connectivity index (χ0) is 16.5. The Morgan fingerprint density at radius 1 is 1.35 bits per heavy atom. The van der Waals surface area contributed by atoms with Crippen LogP contribution in [-0.2, 0) is 9.53 Å². The fourth-order valence-corrected chi connectivity index (χ4v) is 2.28. The van der Waals surface area contributed by atoms with Crippen LogP contribution in [0.4, 0.5) is 10.8 Å². The lowest BCUT2D eigenvalue weighted by Crippen LogP contribution is -2.16. The van der Waals surface area contributed by atoms with Crippen molar-refractivity contribution < 1.29 is 19.0 Å². The Balaban J connectivity index is 1.85. The number of thiazole rings is 1. The van der Waals surface area contributed by atoms with Crippen molar-refractivity contribution in [1.29, 1.82) is 0 Å². The molecule has 0 radical (unpaired) electrons. The predicted octanol–water partition coefficient (Wildman–Crippen LogP) is 2.16. The molecule has 0 unspecified atom stereocenters. The molecular formula is C15H19N3O4S. The molecule has 0 saturated carbocycles. The number of hydrogen-bond donors (Lipinski definition) is 2. The lowest BCUT2D eigenvalue weighted by Gasteiger charge is -2.13. The fourth-order valence-electron chi connectivity index (χ4n) is 1.73. The van der Waals surface area contributed by atoms with Gasteiger partial charge >= 0.3 is 5.97 Å². The summed E-state index contributed by atoms with van der Waals surface area (Å²) in [6.07, 6.45) is 1.73. The van der Waals surface area contributed by atoms with Gasteiger partial charge in [0.05, 0.1) is 13.2 Å². The van der Waals surface area contributed by atoms with Gasteiger partial charge in [0.15, 0.2) is 23.2 Å². The Hall–Kier alpha value is -2.48. The van der Waals surface area contributed by atoms with Gasteiger partial charge in [-0.05, 0) is 19.1 Å². The summed E-state index contributed by atoms with van der Waals surface area (Å²) in [5.74, 6) is 0.489. The first-order valence-electron chi connectivity index (χ1n) is 7.13. The fraction of sp³-hybridized carbons (Fsp3) is 0.333. The summed E-state index contributed by atoms with van der Waals surface area (Å²) in [5.41, 5.74) is 6.27. The normalized spacial score (nSPS) is 10.1. The van der Waals surface area contributed by atoms with Gasteiger partial charge in [-0.1, -0.05) is 0 Å². The maximum Gasteiger partial charge on any atom is 0.344 e. The maximum absolute atomic E-state index is 11.4. The third-order valence-electron chi connectivity index (χ3n) is 2.69. The van der Waals surface area contributed by atoms with Crippen LogP contribution in [0.3, 0.4) is 0 Å². The van der Waals surface area contributed by atoms with Gasteiger partial charge in [-0.2, -0.15) is 0 Å². The number of ether oxygens (including phenoxy) is 3. The molecule has 2 aromatic rings. The van der Waals surface area contributed by atoms with Crippen LogP contribution in [-0.4, -0.2) is 37.3 Å². The molecule has 0 spiro atoms. The first-order valence-corrected chi connectivity index (χ1v) is 8.01. The molecule has 0 aliphatic rings. The van der Waals surface area contributed by atoms with Crippen molar-refractivity contribution in [2.75, 3.05) is 37.4 Å². The number of benzene rings is 1. The van der Waals surface area contributed by atoms with Gasteiger partial charge in [-0.25, -0.2) is 9.78 Å². The minimum atomic E-state index is -0.439. The van der Waals surface area contributed by atoms with E-state index < -0.39 is 5.97 Å². The van der Waals surface area contributed by atoms with Crippen LogP contribution >= 0.6 is 11.3 Å². The number of anilines is 2. The standard InChI is InChI=1S/C15H19N3O4S/c1-2-20-14(19)10-22-13-9-11(16)3-4-12(13)21-7-5-17-15-18-6-8-23-15/h3-4,6,8-9H,2,5,7,10,16H2,1H3,(H,17,18). The Morgan fingerprint density at radius 3 is 2.96 bits per heavy atom. The van der Waals surface area contributed by atoms with E-state index in [1.165, 1.54) is 11.3 Å². The van der Waals surface area contributed by atoms with Crippen molar-refractivity contribution in [3.63, 3.8) is 0 Å². The van der Waals surface area contributed by atoms with Crippen LogP contribution in [0.2, 0.25) is 0 Å². The largest absolute Gasteiger partial charge is 0.488 e. The van der Waals surface area contributed by atoms with E-state index in [1.807, 2.05) is 5.38 Å². The van der Waals surface area contributed by atoms with E-state index in [0.717, 1.165) is 5.13 Å². The van der Waals surface area contributed by atoms with Crippen LogP contribution in [0, 0.1) is 0 Å². The molecular weight excluding hydrogens is 318 g/mol. The molecule has 0 atom stereocenters. The number of rotatable bonds is 9. The molecule has 1 aromatic heterocycles. The van der Waals surface area contributed by atoms with Crippen LogP contribution < -0.4 is 20.5 Å². The second-order valence-corrected chi connectivity index (χ2v) is 5.31. The SMILES string of the molecule is CCOC(=O)COc1cc(N)ccc1OCCNc1nccs1. The summed E-state index contributed by atoms with van der Waals surface area (Å²) in [5, 5.41) is 5.87. The van der Waals surface area contributed by atoms with E-state index in [1.54, 1.807) is 31.3 Å². The molecule has 1 heterocycles. The number of carbonyl (C=O) groups excluding carboxylic acids is 1. The van der Waals surface area contributed by atoms with E-state index in [9.17, 15) is 4.79 Å². The third kappa shape index (κ3) is 5.67. The zero-order valence-corrected chi connectivity index (χ0v) is 13.6. The third-order valence-corrected chi connectivity index (χ3v) is 3.42. The number of hydrogen-bond acceptors (Lipinski definition) is 8. The van der Waals surface area contributed by atoms with E-state index in [0.29, 0.717) is 36.9 Å². The van der Waals surface area contributed by atoms with Crippen molar-refractivity contribution in [3.05, 3.63) is 29.8 Å². The van der Waals surface area contributed by atoms with Crippen molar-refractivity contribution in [2.24, 2.45) is 0 Å². The molecule has 7 nitrogen and oxygen atoms in total. The van der Waals surface area contributed by atoms with E-state index >= 15 is 0 Å². The second-order valence-electron chi connectivity index (χ2n) is 4.41. The van der Waals surface area contributed by atoms with Gasteiger partial charge in [0.25, 0.3) is 0 Å². The highest BCUT2D eigenvalue weighted by Crippen LogP contribution is 2.29. The minimum absolute atomic E-state index is 0.189. The molecule has 0 amide bonds. The van der Waals surface area contributed by atoms with E-state index in [4.69, 9.17) is 19.9 Å². The molecule has 0 aliphatic carbocycles. The Labute approximate surface area is 138 Å². The van der Waals surface area contributed by atoms with Crippen LogP contribution in [0.25, 0.3) is 0 Å². The number of aromatic nitrogens is 1. The molecule has 0 aliphatic heterocycles. The van der Waals surface area contributed by atoms with Gasteiger partial charge in [0.2, 0.25) is 0 Å². The first kappa shape index (κ1) is 16.9. The topological polar surface area (TPSA) is 95.7 Å². The number of nitrogens with one attached hydrogen (secondary N) is 1. The van der Waals surface area contributed by atoms with Gasteiger partial charge < -0.3 is 25.3 Å². The lowest BCUT2D eigenvalue weighted by atomic mass is 10.3. The summed E-state index contributed by atoms with van der Waals surface area (Å²) in [6, 6.07) is 5.03. The van der Waals surface area contributed by atoms with Gasteiger partial charge in [0.1, 0.15) is 6.61 Å². The summed E-state index contributed by atoms with van der Waals surface area (Å²) in [4.78, 5) is 15.5. The molecule has 0 saturated heterocycles. The van der Waals surface area contributed by atoms with Crippen molar-refractivity contribution >= 4 is 28.1 Å². The van der Waals surface area contributed by atoms with Crippen LogP contribution in [0.15, 0.2) is 29.8 Å². The van der Waals surface area contributed by atoms with Crippen molar-refractivity contribution in [3.8, 4) is 11.5 Å². The molecule has 1 aromatic carbocycles. The Bertz CT molecular complexity index is 619. The van der Waals surface area contributed by atoms with Crippen molar-refractivity contribution in [1.82, 2.24) is 4.98 Å². The Morgan fingerprint density at radius 2 is 2.22 bits per heavy atom.